The van der Waals surface area contributed by atoms with Crippen molar-refractivity contribution in [1.29, 1.82) is 0 Å². The molecule has 23 heavy (non-hydrogen) atoms. The lowest BCUT2D eigenvalue weighted by Crippen LogP contribution is -2.36. The third-order valence-corrected chi connectivity index (χ3v) is 3.96. The first-order valence-corrected chi connectivity index (χ1v) is 8.23. The molecule has 0 aliphatic heterocycles. The lowest BCUT2D eigenvalue weighted by molar-refractivity contribution is -0.120. The lowest BCUT2D eigenvalue weighted by atomic mass is 10.3. The summed E-state index contributed by atoms with van der Waals surface area (Å²) in [6, 6.07) is 5.55. The van der Waals surface area contributed by atoms with Gasteiger partial charge < -0.3 is 16.0 Å². The monoisotopic (exact) mass is 363 g/mol. The highest BCUT2D eigenvalue weighted by atomic mass is 35.5. The van der Waals surface area contributed by atoms with Gasteiger partial charge in [0.15, 0.2) is 0 Å². The Hall–Kier alpha value is -1.31. The van der Waals surface area contributed by atoms with Gasteiger partial charge in [-0.15, -0.1) is 24.2 Å². The molecule has 8 heteroatoms. The summed E-state index contributed by atoms with van der Waals surface area (Å²) >= 11 is 1.26. The van der Waals surface area contributed by atoms with E-state index in [0.717, 1.165) is 13.1 Å². The SMILES string of the molecule is CCNCCNC(=O)C(C)SCC(=O)Nc1ccc(F)cc1.Cl. The van der Waals surface area contributed by atoms with Crippen LogP contribution in [0.5, 0.6) is 0 Å². The summed E-state index contributed by atoms with van der Waals surface area (Å²) in [7, 11) is 0. The van der Waals surface area contributed by atoms with E-state index in [4.69, 9.17) is 0 Å². The second-order valence-corrected chi connectivity index (χ2v) is 5.98. The standard InChI is InChI=1S/C15H22FN3O2S.ClH/c1-3-17-8-9-18-15(21)11(2)22-10-14(20)19-13-6-4-12(16)5-7-13;/h4-7,11,17H,3,8-10H2,1-2H3,(H,18,21)(H,19,20);1H. The van der Waals surface area contributed by atoms with Gasteiger partial charge in [-0.2, -0.15) is 0 Å². The van der Waals surface area contributed by atoms with Crippen molar-refractivity contribution in [3.63, 3.8) is 0 Å². The molecule has 1 aromatic rings. The Labute approximate surface area is 146 Å². The molecule has 0 aromatic heterocycles. The van der Waals surface area contributed by atoms with Crippen molar-refractivity contribution in [2.75, 3.05) is 30.7 Å². The average Bonchev–Trinajstić information content (AvgIpc) is 2.51. The number of carbonyl (C=O) groups is 2. The number of carbonyl (C=O) groups excluding carboxylic acids is 2. The van der Waals surface area contributed by atoms with Gasteiger partial charge in [-0.3, -0.25) is 9.59 Å². The van der Waals surface area contributed by atoms with Crippen molar-refractivity contribution in [2.24, 2.45) is 0 Å². The van der Waals surface area contributed by atoms with Crippen LogP contribution in [0.3, 0.4) is 0 Å². The molecule has 0 bridgehead atoms. The van der Waals surface area contributed by atoms with E-state index < -0.39 is 0 Å². The number of hydrogen-bond donors (Lipinski definition) is 3. The second-order valence-electron chi connectivity index (χ2n) is 4.65. The molecule has 0 saturated heterocycles. The van der Waals surface area contributed by atoms with Gasteiger partial charge in [0.1, 0.15) is 5.82 Å². The summed E-state index contributed by atoms with van der Waals surface area (Å²) in [5.41, 5.74) is 0.537. The number of thioether (sulfide) groups is 1. The minimum Gasteiger partial charge on any atom is -0.354 e. The topological polar surface area (TPSA) is 70.2 Å². The average molecular weight is 364 g/mol. The highest BCUT2D eigenvalue weighted by Crippen LogP contribution is 2.13. The number of rotatable bonds is 9. The van der Waals surface area contributed by atoms with Crippen molar-refractivity contribution >= 4 is 41.7 Å². The van der Waals surface area contributed by atoms with E-state index in [2.05, 4.69) is 16.0 Å². The van der Waals surface area contributed by atoms with Crippen LogP contribution in [0.1, 0.15) is 13.8 Å². The first kappa shape index (κ1) is 21.7. The Balaban J connectivity index is 0.00000484. The Morgan fingerprint density at radius 3 is 2.48 bits per heavy atom. The lowest BCUT2D eigenvalue weighted by Gasteiger charge is -2.12. The molecule has 130 valence electrons. The first-order valence-electron chi connectivity index (χ1n) is 7.18. The minimum absolute atomic E-state index is 0. The zero-order valence-corrected chi connectivity index (χ0v) is 14.9. The molecule has 1 aromatic carbocycles. The van der Waals surface area contributed by atoms with Crippen LogP contribution in [0.25, 0.3) is 0 Å². The molecule has 0 spiro atoms. The predicted octanol–water partition coefficient (Wildman–Crippen LogP) is 2.03. The van der Waals surface area contributed by atoms with Crippen LogP contribution in [-0.2, 0) is 9.59 Å². The molecule has 1 unspecified atom stereocenters. The quantitative estimate of drug-likeness (QED) is 0.587. The Kier molecular flexibility index (Phi) is 11.5. The van der Waals surface area contributed by atoms with E-state index in [-0.39, 0.29) is 41.0 Å². The summed E-state index contributed by atoms with van der Waals surface area (Å²) in [5, 5.41) is 8.26. The van der Waals surface area contributed by atoms with Gasteiger partial charge in [-0.05, 0) is 37.7 Å². The molecule has 0 aliphatic carbocycles. The van der Waals surface area contributed by atoms with E-state index in [9.17, 15) is 14.0 Å². The van der Waals surface area contributed by atoms with Gasteiger partial charge in [0.25, 0.3) is 0 Å². The number of halogens is 2. The molecule has 1 atom stereocenters. The van der Waals surface area contributed by atoms with Crippen molar-refractivity contribution < 1.29 is 14.0 Å². The molecule has 0 fully saturated rings. The van der Waals surface area contributed by atoms with Crippen LogP contribution in [0.15, 0.2) is 24.3 Å². The van der Waals surface area contributed by atoms with Gasteiger partial charge in [-0.25, -0.2) is 4.39 Å². The van der Waals surface area contributed by atoms with Crippen LogP contribution in [0.4, 0.5) is 10.1 Å². The van der Waals surface area contributed by atoms with Gasteiger partial charge in [0, 0.05) is 18.8 Å². The van der Waals surface area contributed by atoms with Gasteiger partial charge in [0.2, 0.25) is 11.8 Å². The van der Waals surface area contributed by atoms with Crippen molar-refractivity contribution in [3.05, 3.63) is 30.1 Å². The molecular weight excluding hydrogens is 341 g/mol. The molecule has 0 radical (unpaired) electrons. The fourth-order valence-electron chi connectivity index (χ4n) is 1.60. The molecule has 2 amide bonds. The highest BCUT2D eigenvalue weighted by molar-refractivity contribution is 8.01. The van der Waals surface area contributed by atoms with Crippen LogP contribution in [-0.4, -0.2) is 42.5 Å². The first-order chi connectivity index (χ1) is 10.5. The second kappa shape index (κ2) is 12.2. The van der Waals surface area contributed by atoms with Gasteiger partial charge in [-0.1, -0.05) is 6.92 Å². The molecular formula is C15H23ClFN3O2S. The Bertz CT molecular complexity index is 488. The molecule has 0 aliphatic rings. The number of anilines is 1. The zero-order valence-electron chi connectivity index (χ0n) is 13.2. The number of benzene rings is 1. The third kappa shape index (κ3) is 9.43. The fourth-order valence-corrected chi connectivity index (χ4v) is 2.31. The summed E-state index contributed by atoms with van der Waals surface area (Å²) in [4.78, 5) is 23.5. The zero-order chi connectivity index (χ0) is 16.4. The van der Waals surface area contributed by atoms with E-state index in [1.807, 2.05) is 6.92 Å². The minimum atomic E-state index is -0.352. The largest absolute Gasteiger partial charge is 0.354 e. The predicted molar refractivity (Wildman–Crippen MR) is 95.8 cm³/mol. The normalized spacial score (nSPS) is 11.3. The van der Waals surface area contributed by atoms with Crippen LogP contribution < -0.4 is 16.0 Å². The Morgan fingerprint density at radius 1 is 1.22 bits per heavy atom. The molecule has 3 N–H and O–H groups in total. The third-order valence-electron chi connectivity index (χ3n) is 2.81. The maximum atomic E-state index is 12.8. The molecule has 5 nitrogen and oxygen atoms in total. The maximum absolute atomic E-state index is 12.8. The van der Waals surface area contributed by atoms with Crippen molar-refractivity contribution in [3.8, 4) is 0 Å². The fraction of sp³-hybridized carbons (Fsp3) is 0.467. The van der Waals surface area contributed by atoms with E-state index >= 15 is 0 Å². The van der Waals surface area contributed by atoms with Gasteiger partial charge >= 0.3 is 0 Å². The molecule has 0 heterocycles. The summed E-state index contributed by atoms with van der Waals surface area (Å²) in [6.07, 6.45) is 0. The number of hydrogen-bond acceptors (Lipinski definition) is 4. The van der Waals surface area contributed by atoms with Crippen LogP contribution in [0, 0.1) is 5.82 Å². The van der Waals surface area contributed by atoms with E-state index in [0.29, 0.717) is 12.2 Å². The number of likely N-dealkylation sites (N-methyl/N-ethyl adjacent to an activating group) is 1. The molecule has 1 rings (SSSR count). The van der Waals surface area contributed by atoms with Crippen molar-refractivity contribution in [2.45, 2.75) is 19.1 Å². The van der Waals surface area contributed by atoms with Crippen molar-refractivity contribution in [1.82, 2.24) is 10.6 Å². The van der Waals surface area contributed by atoms with E-state index in [1.165, 1.54) is 36.0 Å². The van der Waals surface area contributed by atoms with Crippen LogP contribution in [0.2, 0.25) is 0 Å². The smallest absolute Gasteiger partial charge is 0.234 e. The Morgan fingerprint density at radius 2 is 1.87 bits per heavy atom. The van der Waals surface area contributed by atoms with Crippen LogP contribution >= 0.6 is 24.2 Å². The molecule has 0 saturated carbocycles. The maximum Gasteiger partial charge on any atom is 0.234 e. The summed E-state index contributed by atoms with van der Waals surface area (Å²) < 4.78 is 12.8. The number of nitrogens with one attached hydrogen (secondary N) is 3. The number of amides is 2. The summed E-state index contributed by atoms with van der Waals surface area (Å²) in [5.74, 6) is -0.490. The summed E-state index contributed by atoms with van der Waals surface area (Å²) in [6.45, 7) is 5.92. The highest BCUT2D eigenvalue weighted by Gasteiger charge is 2.14. The van der Waals surface area contributed by atoms with Gasteiger partial charge in [0.05, 0.1) is 11.0 Å². The van der Waals surface area contributed by atoms with E-state index in [1.54, 1.807) is 6.92 Å².